The molecule has 2 nitrogen and oxygen atoms in total. The minimum atomic E-state index is -1.70. The Morgan fingerprint density at radius 3 is 1.94 bits per heavy atom. The van der Waals surface area contributed by atoms with E-state index in [2.05, 4.69) is 0 Å². The topological polar surface area (TPSA) is 40.5 Å². The Morgan fingerprint density at radius 1 is 0.941 bits per heavy atom. The number of halogens is 1. The number of aliphatic hydroxyl groups excluding tert-OH is 2. The molecule has 3 heteroatoms. The van der Waals surface area contributed by atoms with Gasteiger partial charge in [-0.3, -0.25) is 0 Å². The van der Waals surface area contributed by atoms with Crippen molar-refractivity contribution in [3.8, 4) is 0 Å². The third-order valence-electron chi connectivity index (χ3n) is 4.19. The molecule has 1 aliphatic carbocycles. The van der Waals surface area contributed by atoms with Crippen molar-refractivity contribution in [1.82, 2.24) is 0 Å². The van der Waals surface area contributed by atoms with Crippen molar-refractivity contribution < 1.29 is 14.6 Å². The molecule has 0 aromatic carbocycles. The van der Waals surface area contributed by atoms with Gasteiger partial charge in [0.1, 0.15) is 0 Å². The molecule has 1 atom stereocenters. The second-order valence-corrected chi connectivity index (χ2v) is 5.50. The van der Waals surface area contributed by atoms with Crippen molar-refractivity contribution in [2.24, 2.45) is 5.41 Å². The fourth-order valence-electron chi connectivity index (χ4n) is 2.98. The molecule has 2 N–H and O–H groups in total. The van der Waals surface area contributed by atoms with Crippen LogP contribution in [-0.2, 0) is 0 Å². The van der Waals surface area contributed by atoms with Crippen LogP contribution in [0.25, 0.3) is 0 Å². The highest BCUT2D eigenvalue weighted by Gasteiger charge is 2.36. The van der Waals surface area contributed by atoms with Gasteiger partial charge in [0, 0.05) is 12.0 Å². The van der Waals surface area contributed by atoms with Gasteiger partial charge in [-0.2, -0.15) is 0 Å². The zero-order valence-corrected chi connectivity index (χ0v) is 10.8. The first-order chi connectivity index (χ1) is 8.21. The molecule has 0 spiro atoms. The predicted octanol–water partition coefficient (Wildman–Crippen LogP) is 3.56. The fraction of sp³-hybridized carbons (Fsp3) is 1.00. The summed E-state index contributed by atoms with van der Waals surface area (Å²) in [5, 5.41) is 18.3. The molecule has 17 heavy (non-hydrogen) atoms. The van der Waals surface area contributed by atoms with Crippen molar-refractivity contribution in [2.45, 2.75) is 77.0 Å². The Kier molecular flexibility index (Phi) is 7.05. The first-order valence-electron chi connectivity index (χ1n) is 7.14. The molecule has 0 aliphatic heterocycles. The van der Waals surface area contributed by atoms with Crippen molar-refractivity contribution in [3.63, 3.8) is 0 Å². The summed E-state index contributed by atoms with van der Waals surface area (Å²) in [6.45, 7) is 0.165. The zero-order valence-electron chi connectivity index (χ0n) is 10.8. The number of unbranched alkanes of at least 4 members (excludes halogenated alkanes) is 1. The van der Waals surface area contributed by atoms with E-state index in [-0.39, 0.29) is 6.61 Å². The van der Waals surface area contributed by atoms with Crippen molar-refractivity contribution in [3.05, 3.63) is 0 Å². The van der Waals surface area contributed by atoms with E-state index in [0.29, 0.717) is 12.8 Å². The van der Waals surface area contributed by atoms with Crippen LogP contribution in [0.5, 0.6) is 0 Å². The van der Waals surface area contributed by atoms with E-state index in [1.54, 1.807) is 0 Å². The Morgan fingerprint density at radius 2 is 1.47 bits per heavy atom. The van der Waals surface area contributed by atoms with E-state index < -0.39 is 11.8 Å². The average molecular weight is 246 g/mol. The zero-order chi connectivity index (χ0) is 12.6. The molecule has 0 bridgehead atoms. The minimum absolute atomic E-state index is 0.165. The van der Waals surface area contributed by atoms with Gasteiger partial charge < -0.3 is 10.2 Å². The quantitative estimate of drug-likeness (QED) is 0.728. The molecule has 0 heterocycles. The molecule has 0 amide bonds. The summed E-state index contributed by atoms with van der Waals surface area (Å²) in [5.74, 6) is 0. The van der Waals surface area contributed by atoms with Gasteiger partial charge in [0.2, 0.25) is 6.36 Å². The van der Waals surface area contributed by atoms with E-state index in [4.69, 9.17) is 5.11 Å². The summed E-state index contributed by atoms with van der Waals surface area (Å²) in [6, 6.07) is 0. The van der Waals surface area contributed by atoms with Crippen molar-refractivity contribution in [1.29, 1.82) is 0 Å². The minimum Gasteiger partial charge on any atom is -0.396 e. The van der Waals surface area contributed by atoms with Crippen molar-refractivity contribution >= 4 is 0 Å². The van der Waals surface area contributed by atoms with Gasteiger partial charge in [0.15, 0.2) is 0 Å². The molecule has 0 aromatic heterocycles. The first kappa shape index (κ1) is 14.9. The molecule has 0 saturated heterocycles. The number of hydrogen-bond acceptors (Lipinski definition) is 2. The normalized spacial score (nSPS) is 23.5. The summed E-state index contributed by atoms with van der Waals surface area (Å²) < 4.78 is 13.6. The van der Waals surface area contributed by atoms with Gasteiger partial charge in [0.25, 0.3) is 0 Å². The Balaban J connectivity index is 2.56. The smallest absolute Gasteiger partial charge is 0.202 e. The number of rotatable bonds is 5. The van der Waals surface area contributed by atoms with Crippen LogP contribution in [0.4, 0.5) is 4.39 Å². The third kappa shape index (κ3) is 4.92. The van der Waals surface area contributed by atoms with Crippen LogP contribution in [0, 0.1) is 5.41 Å². The van der Waals surface area contributed by atoms with Gasteiger partial charge in [-0.1, -0.05) is 44.9 Å². The molecule has 0 aromatic rings. The van der Waals surface area contributed by atoms with E-state index in [1.165, 1.54) is 12.8 Å². The first-order valence-corrected chi connectivity index (χ1v) is 7.14. The van der Waals surface area contributed by atoms with Gasteiger partial charge in [-0.05, 0) is 25.7 Å². The lowest BCUT2D eigenvalue weighted by atomic mass is 9.74. The van der Waals surface area contributed by atoms with Crippen LogP contribution in [0.1, 0.15) is 70.6 Å². The number of hydrogen-bond donors (Lipinski definition) is 2. The molecule has 1 rings (SSSR count). The molecular formula is C14H27FO2. The highest BCUT2D eigenvalue weighted by molar-refractivity contribution is 4.82. The van der Waals surface area contributed by atoms with Gasteiger partial charge in [-0.25, -0.2) is 4.39 Å². The van der Waals surface area contributed by atoms with E-state index in [0.717, 1.165) is 44.9 Å². The molecule has 1 saturated carbocycles. The second kappa shape index (κ2) is 8.04. The molecule has 1 aliphatic rings. The van der Waals surface area contributed by atoms with Crippen LogP contribution < -0.4 is 0 Å². The number of alkyl halides is 1. The average Bonchev–Trinajstić information content (AvgIpc) is 2.42. The summed E-state index contributed by atoms with van der Waals surface area (Å²) in [4.78, 5) is 0. The Hall–Kier alpha value is -0.150. The standard InChI is InChI=1S/C14H27FO2/c15-13(17)14(11-7-8-12-16)9-5-3-1-2-4-6-10-14/h13,16-17H,1-12H2. The van der Waals surface area contributed by atoms with Crippen LogP contribution in [0.15, 0.2) is 0 Å². The maximum atomic E-state index is 13.6. The van der Waals surface area contributed by atoms with Gasteiger partial charge in [0.05, 0.1) is 0 Å². The number of aliphatic hydroxyl groups is 2. The van der Waals surface area contributed by atoms with Crippen molar-refractivity contribution in [2.75, 3.05) is 6.61 Å². The monoisotopic (exact) mass is 246 g/mol. The van der Waals surface area contributed by atoms with Crippen LogP contribution >= 0.6 is 0 Å². The lowest BCUT2D eigenvalue weighted by Gasteiger charge is -2.34. The molecule has 102 valence electrons. The van der Waals surface area contributed by atoms with E-state index in [9.17, 15) is 9.50 Å². The Labute approximate surface area is 104 Å². The summed E-state index contributed by atoms with van der Waals surface area (Å²) in [6.07, 6.45) is 9.02. The fourth-order valence-corrected chi connectivity index (χ4v) is 2.98. The maximum Gasteiger partial charge on any atom is 0.202 e. The summed E-state index contributed by atoms with van der Waals surface area (Å²) in [5.41, 5.74) is -0.528. The molecule has 0 radical (unpaired) electrons. The summed E-state index contributed by atoms with van der Waals surface area (Å²) >= 11 is 0. The second-order valence-electron chi connectivity index (χ2n) is 5.50. The van der Waals surface area contributed by atoms with E-state index >= 15 is 0 Å². The highest BCUT2D eigenvalue weighted by atomic mass is 19.1. The molecule has 1 fully saturated rings. The van der Waals surface area contributed by atoms with Crippen LogP contribution in [-0.4, -0.2) is 23.2 Å². The molecule has 1 unspecified atom stereocenters. The third-order valence-corrected chi connectivity index (χ3v) is 4.19. The van der Waals surface area contributed by atoms with Gasteiger partial charge in [-0.15, -0.1) is 0 Å². The van der Waals surface area contributed by atoms with Crippen LogP contribution in [0.3, 0.4) is 0 Å². The van der Waals surface area contributed by atoms with E-state index in [1.807, 2.05) is 0 Å². The van der Waals surface area contributed by atoms with Crippen LogP contribution in [0.2, 0.25) is 0 Å². The lowest BCUT2D eigenvalue weighted by molar-refractivity contribution is -0.0906. The highest BCUT2D eigenvalue weighted by Crippen LogP contribution is 2.41. The molecular weight excluding hydrogens is 219 g/mol. The van der Waals surface area contributed by atoms with Gasteiger partial charge >= 0.3 is 0 Å². The largest absolute Gasteiger partial charge is 0.396 e. The maximum absolute atomic E-state index is 13.6. The lowest BCUT2D eigenvalue weighted by Crippen LogP contribution is -2.32. The predicted molar refractivity (Wildman–Crippen MR) is 67.4 cm³/mol. The SMILES string of the molecule is OCCCCC1(C(O)F)CCCCCCCC1. The summed E-state index contributed by atoms with van der Waals surface area (Å²) in [7, 11) is 0. The Bertz CT molecular complexity index is 185.